The van der Waals surface area contributed by atoms with Crippen LogP contribution in [-0.2, 0) is 7.05 Å². The van der Waals surface area contributed by atoms with E-state index in [-0.39, 0.29) is 0 Å². The van der Waals surface area contributed by atoms with Crippen LogP contribution >= 0.6 is 0 Å². The Bertz CT molecular complexity index is 350. The number of aryl methyl sites for hydroxylation is 2. The monoisotopic (exact) mass is 207 g/mol. The van der Waals surface area contributed by atoms with Gasteiger partial charge in [-0.15, -0.1) is 0 Å². The summed E-state index contributed by atoms with van der Waals surface area (Å²) >= 11 is 0. The third-order valence-electron chi connectivity index (χ3n) is 3.34. The molecule has 0 amide bonds. The fourth-order valence-corrected chi connectivity index (χ4v) is 2.23. The van der Waals surface area contributed by atoms with E-state index in [4.69, 9.17) is 0 Å². The molecule has 1 saturated carbocycles. The van der Waals surface area contributed by atoms with E-state index in [2.05, 4.69) is 31.2 Å². The number of aromatic nitrogens is 2. The molecule has 0 radical (unpaired) electrons. The highest BCUT2D eigenvalue weighted by molar-refractivity contribution is 5.28. The molecule has 1 unspecified atom stereocenters. The largest absolute Gasteiger partial charge is 0.307 e. The van der Waals surface area contributed by atoms with Crippen molar-refractivity contribution in [2.45, 2.75) is 52.1 Å². The molecule has 1 aromatic heterocycles. The van der Waals surface area contributed by atoms with E-state index in [1.54, 1.807) is 0 Å². The normalized spacial score (nSPS) is 18.1. The SMILES string of the molecule is CCC(NC1CC1)c1c(C)nn(C)c1C. The van der Waals surface area contributed by atoms with Gasteiger partial charge in [-0.3, -0.25) is 4.68 Å². The first-order valence-corrected chi connectivity index (χ1v) is 5.89. The molecule has 3 heteroatoms. The van der Waals surface area contributed by atoms with E-state index in [1.807, 2.05) is 11.7 Å². The molecule has 84 valence electrons. The minimum Gasteiger partial charge on any atom is -0.307 e. The van der Waals surface area contributed by atoms with Crippen LogP contribution in [0.25, 0.3) is 0 Å². The highest BCUT2D eigenvalue weighted by atomic mass is 15.3. The molecule has 1 aromatic rings. The van der Waals surface area contributed by atoms with Crippen LogP contribution in [0.5, 0.6) is 0 Å². The van der Waals surface area contributed by atoms with Crippen molar-refractivity contribution in [3.8, 4) is 0 Å². The average molecular weight is 207 g/mol. The Kier molecular flexibility index (Phi) is 2.83. The number of hydrogen-bond acceptors (Lipinski definition) is 2. The maximum atomic E-state index is 4.48. The Labute approximate surface area is 91.9 Å². The molecule has 2 rings (SSSR count). The zero-order valence-corrected chi connectivity index (χ0v) is 10.2. The van der Waals surface area contributed by atoms with Crippen LogP contribution in [0.15, 0.2) is 0 Å². The van der Waals surface area contributed by atoms with Gasteiger partial charge in [0.2, 0.25) is 0 Å². The summed E-state index contributed by atoms with van der Waals surface area (Å²) in [4.78, 5) is 0. The van der Waals surface area contributed by atoms with Crippen molar-refractivity contribution in [1.29, 1.82) is 0 Å². The lowest BCUT2D eigenvalue weighted by atomic mass is 10.0. The van der Waals surface area contributed by atoms with Gasteiger partial charge in [-0.25, -0.2) is 0 Å². The summed E-state index contributed by atoms with van der Waals surface area (Å²) in [5, 5.41) is 8.18. The van der Waals surface area contributed by atoms with Crippen molar-refractivity contribution in [1.82, 2.24) is 15.1 Å². The highest BCUT2D eigenvalue weighted by Crippen LogP contribution is 2.29. The van der Waals surface area contributed by atoms with Crippen molar-refractivity contribution in [2.24, 2.45) is 7.05 Å². The third kappa shape index (κ3) is 2.07. The van der Waals surface area contributed by atoms with Crippen LogP contribution in [0.2, 0.25) is 0 Å². The van der Waals surface area contributed by atoms with Gasteiger partial charge >= 0.3 is 0 Å². The second-order valence-corrected chi connectivity index (χ2v) is 4.61. The summed E-state index contributed by atoms with van der Waals surface area (Å²) in [7, 11) is 2.02. The fourth-order valence-electron chi connectivity index (χ4n) is 2.23. The first kappa shape index (κ1) is 10.7. The smallest absolute Gasteiger partial charge is 0.0644 e. The van der Waals surface area contributed by atoms with E-state index < -0.39 is 0 Å². The lowest BCUT2D eigenvalue weighted by molar-refractivity contribution is 0.511. The van der Waals surface area contributed by atoms with Gasteiger partial charge in [-0.1, -0.05) is 6.92 Å². The molecule has 1 atom stereocenters. The lowest BCUT2D eigenvalue weighted by Crippen LogP contribution is -2.23. The molecular formula is C12H21N3. The summed E-state index contributed by atoms with van der Waals surface area (Å²) < 4.78 is 1.99. The van der Waals surface area contributed by atoms with Crippen molar-refractivity contribution in [3.63, 3.8) is 0 Å². The van der Waals surface area contributed by atoms with E-state index in [1.165, 1.54) is 29.8 Å². The first-order valence-electron chi connectivity index (χ1n) is 5.89. The van der Waals surface area contributed by atoms with Crippen LogP contribution in [0.4, 0.5) is 0 Å². The minimum atomic E-state index is 0.492. The van der Waals surface area contributed by atoms with Gasteiger partial charge in [0.1, 0.15) is 0 Å². The van der Waals surface area contributed by atoms with Crippen molar-refractivity contribution < 1.29 is 0 Å². The van der Waals surface area contributed by atoms with Crippen LogP contribution in [0, 0.1) is 13.8 Å². The standard InChI is InChI=1S/C12H21N3/c1-5-11(13-10-6-7-10)12-8(2)14-15(4)9(12)3/h10-11,13H,5-7H2,1-4H3. The topological polar surface area (TPSA) is 29.9 Å². The van der Waals surface area contributed by atoms with Gasteiger partial charge < -0.3 is 5.32 Å². The van der Waals surface area contributed by atoms with Crippen LogP contribution < -0.4 is 5.32 Å². The minimum absolute atomic E-state index is 0.492. The van der Waals surface area contributed by atoms with Gasteiger partial charge in [0.15, 0.2) is 0 Å². The lowest BCUT2D eigenvalue weighted by Gasteiger charge is -2.17. The maximum Gasteiger partial charge on any atom is 0.0644 e. The van der Waals surface area contributed by atoms with Gasteiger partial charge in [-0.05, 0) is 33.1 Å². The molecule has 1 N–H and O–H groups in total. The molecule has 0 saturated heterocycles. The molecule has 1 heterocycles. The number of nitrogens with zero attached hydrogens (tertiary/aromatic N) is 2. The molecular weight excluding hydrogens is 186 g/mol. The molecule has 0 bridgehead atoms. The molecule has 0 aromatic carbocycles. The van der Waals surface area contributed by atoms with E-state index in [0.29, 0.717) is 6.04 Å². The van der Waals surface area contributed by atoms with Crippen LogP contribution in [0.3, 0.4) is 0 Å². The maximum absolute atomic E-state index is 4.48. The first-order chi connectivity index (χ1) is 7.13. The average Bonchev–Trinajstić information content (AvgIpc) is 2.96. The zero-order chi connectivity index (χ0) is 11.0. The number of hydrogen-bond donors (Lipinski definition) is 1. The molecule has 1 aliphatic rings. The number of rotatable bonds is 4. The molecule has 3 nitrogen and oxygen atoms in total. The van der Waals surface area contributed by atoms with Crippen LogP contribution in [0.1, 0.15) is 49.2 Å². The van der Waals surface area contributed by atoms with Crippen molar-refractivity contribution in [2.75, 3.05) is 0 Å². The Morgan fingerprint density at radius 2 is 2.13 bits per heavy atom. The molecule has 0 spiro atoms. The fraction of sp³-hybridized carbons (Fsp3) is 0.750. The Hall–Kier alpha value is -0.830. The van der Waals surface area contributed by atoms with Gasteiger partial charge in [-0.2, -0.15) is 5.10 Å². The quantitative estimate of drug-likeness (QED) is 0.820. The summed E-state index contributed by atoms with van der Waals surface area (Å²) in [6.45, 7) is 6.51. The molecule has 1 aliphatic carbocycles. The summed E-state index contributed by atoms with van der Waals surface area (Å²) in [6.07, 6.45) is 3.83. The number of nitrogens with one attached hydrogen (secondary N) is 1. The molecule has 0 aliphatic heterocycles. The summed E-state index contributed by atoms with van der Waals surface area (Å²) in [6, 6.07) is 1.25. The van der Waals surface area contributed by atoms with Crippen molar-refractivity contribution >= 4 is 0 Å². The predicted octanol–water partition coefficient (Wildman–Crippen LogP) is 2.24. The summed E-state index contributed by atoms with van der Waals surface area (Å²) in [5.41, 5.74) is 3.88. The van der Waals surface area contributed by atoms with Gasteiger partial charge in [0.05, 0.1) is 5.69 Å². The van der Waals surface area contributed by atoms with Gasteiger partial charge in [0, 0.05) is 30.4 Å². The zero-order valence-electron chi connectivity index (χ0n) is 10.2. The van der Waals surface area contributed by atoms with Crippen LogP contribution in [-0.4, -0.2) is 15.8 Å². The second-order valence-electron chi connectivity index (χ2n) is 4.61. The van der Waals surface area contributed by atoms with E-state index in [9.17, 15) is 0 Å². The van der Waals surface area contributed by atoms with Gasteiger partial charge in [0.25, 0.3) is 0 Å². The Balaban J connectivity index is 2.23. The summed E-state index contributed by atoms with van der Waals surface area (Å²) in [5.74, 6) is 0. The Morgan fingerprint density at radius 3 is 2.53 bits per heavy atom. The second kappa shape index (κ2) is 3.97. The Morgan fingerprint density at radius 1 is 1.47 bits per heavy atom. The van der Waals surface area contributed by atoms with E-state index >= 15 is 0 Å². The predicted molar refractivity (Wildman–Crippen MR) is 61.9 cm³/mol. The molecule has 15 heavy (non-hydrogen) atoms. The van der Waals surface area contributed by atoms with Crippen molar-refractivity contribution in [3.05, 3.63) is 17.0 Å². The highest BCUT2D eigenvalue weighted by Gasteiger charge is 2.27. The van der Waals surface area contributed by atoms with E-state index in [0.717, 1.165) is 12.5 Å². The third-order valence-corrected chi connectivity index (χ3v) is 3.34. The molecule has 1 fully saturated rings.